The molecule has 1 aromatic rings. The van der Waals surface area contributed by atoms with Crippen molar-refractivity contribution >= 4 is 11.6 Å². The number of nitrogens with one attached hydrogen (secondary N) is 1. The topological polar surface area (TPSA) is 28.7 Å². The van der Waals surface area contributed by atoms with Gasteiger partial charge in [0.2, 0.25) is 0 Å². The Balaban J connectivity index is 2.69. The third kappa shape index (κ3) is 1.45. The molecule has 0 aliphatic heterocycles. The predicted octanol–water partition coefficient (Wildman–Crippen LogP) is 1.50. The van der Waals surface area contributed by atoms with E-state index in [1.54, 1.807) is 0 Å². The molecule has 1 heterocycles. The number of hydrogen-bond acceptors (Lipinski definition) is 1. The summed E-state index contributed by atoms with van der Waals surface area (Å²) in [4.78, 5) is 0. The zero-order valence-corrected chi connectivity index (χ0v) is 6.07. The van der Waals surface area contributed by atoms with Gasteiger partial charge in [-0.25, -0.2) is 0 Å². The summed E-state index contributed by atoms with van der Waals surface area (Å²) in [6.07, 6.45) is 2.69. The molecule has 50 valence electrons. The van der Waals surface area contributed by atoms with Gasteiger partial charge in [0.05, 0.1) is 6.20 Å². The second kappa shape index (κ2) is 2.87. The van der Waals surface area contributed by atoms with Gasteiger partial charge in [0.15, 0.2) is 0 Å². The molecule has 0 aliphatic rings. The number of hydrogen-bond donors (Lipinski definition) is 1. The van der Waals surface area contributed by atoms with Crippen LogP contribution in [0.5, 0.6) is 0 Å². The average Bonchev–Trinajstić information content (AvgIpc) is 2.18. The van der Waals surface area contributed by atoms with Gasteiger partial charge in [0.25, 0.3) is 0 Å². The van der Waals surface area contributed by atoms with Gasteiger partial charge < -0.3 is 0 Å². The van der Waals surface area contributed by atoms with Crippen molar-refractivity contribution in [1.29, 1.82) is 0 Å². The number of aromatic amines is 1. The lowest BCUT2D eigenvalue weighted by Gasteiger charge is -1.90. The maximum Gasteiger partial charge on any atom is 0.0519 e. The molecule has 9 heavy (non-hydrogen) atoms. The van der Waals surface area contributed by atoms with Crippen molar-refractivity contribution in [3.05, 3.63) is 17.5 Å². The molecular formula is C6H9ClN2. The first-order valence-corrected chi connectivity index (χ1v) is 3.43. The normalized spacial score (nSPS) is 10.0. The van der Waals surface area contributed by atoms with Crippen molar-refractivity contribution in [2.24, 2.45) is 0 Å². The molecule has 1 aromatic heterocycles. The van der Waals surface area contributed by atoms with Crippen LogP contribution in [0.15, 0.2) is 6.20 Å². The molecule has 0 saturated heterocycles. The third-order valence-corrected chi connectivity index (χ3v) is 1.47. The minimum Gasteiger partial charge on any atom is -0.282 e. The van der Waals surface area contributed by atoms with Crippen LogP contribution in [-0.2, 0) is 6.42 Å². The highest BCUT2D eigenvalue weighted by molar-refractivity contribution is 6.17. The minimum absolute atomic E-state index is 0.656. The third-order valence-electron chi connectivity index (χ3n) is 1.28. The van der Waals surface area contributed by atoms with Crippen molar-refractivity contribution in [1.82, 2.24) is 10.2 Å². The van der Waals surface area contributed by atoms with Gasteiger partial charge in [-0.3, -0.25) is 5.10 Å². The quantitative estimate of drug-likeness (QED) is 0.627. The maximum atomic E-state index is 5.52. The van der Waals surface area contributed by atoms with Crippen LogP contribution < -0.4 is 0 Å². The Morgan fingerprint density at radius 2 is 2.56 bits per heavy atom. The lowest BCUT2D eigenvalue weighted by atomic mass is 10.2. The summed E-state index contributed by atoms with van der Waals surface area (Å²) in [7, 11) is 0. The number of aryl methyl sites for hydroxylation is 2. The molecule has 0 bridgehead atoms. The van der Waals surface area contributed by atoms with Crippen LogP contribution in [0.1, 0.15) is 11.3 Å². The van der Waals surface area contributed by atoms with Crippen molar-refractivity contribution < 1.29 is 0 Å². The SMILES string of the molecule is Cc1cn[nH]c1CCCl. The van der Waals surface area contributed by atoms with Gasteiger partial charge in [-0.2, -0.15) is 5.10 Å². The van der Waals surface area contributed by atoms with Crippen LogP contribution >= 0.6 is 11.6 Å². The Kier molecular flexibility index (Phi) is 2.11. The Morgan fingerprint density at radius 3 is 3.00 bits per heavy atom. The minimum atomic E-state index is 0.656. The first-order valence-electron chi connectivity index (χ1n) is 2.89. The predicted molar refractivity (Wildman–Crippen MR) is 37.7 cm³/mol. The summed E-state index contributed by atoms with van der Waals surface area (Å²) >= 11 is 5.52. The van der Waals surface area contributed by atoms with Gasteiger partial charge in [0, 0.05) is 18.0 Å². The van der Waals surface area contributed by atoms with Crippen LogP contribution in [0.4, 0.5) is 0 Å². The highest BCUT2D eigenvalue weighted by atomic mass is 35.5. The van der Waals surface area contributed by atoms with E-state index in [0.717, 1.165) is 12.1 Å². The molecule has 0 spiro atoms. The van der Waals surface area contributed by atoms with Gasteiger partial charge in [-0.05, 0) is 12.5 Å². The average molecular weight is 145 g/mol. The van der Waals surface area contributed by atoms with E-state index in [1.807, 2.05) is 13.1 Å². The summed E-state index contributed by atoms with van der Waals surface area (Å²) in [6.45, 7) is 2.02. The largest absolute Gasteiger partial charge is 0.282 e. The standard InChI is InChI=1S/C6H9ClN2/c1-5-4-8-9-6(5)2-3-7/h4H,2-3H2,1H3,(H,8,9). The van der Waals surface area contributed by atoms with Crippen LogP contribution in [0.3, 0.4) is 0 Å². The summed E-state index contributed by atoms with van der Waals surface area (Å²) in [5, 5.41) is 6.73. The molecule has 1 N–H and O–H groups in total. The molecule has 0 radical (unpaired) electrons. The smallest absolute Gasteiger partial charge is 0.0519 e. The fourth-order valence-electron chi connectivity index (χ4n) is 0.721. The monoisotopic (exact) mass is 144 g/mol. The van der Waals surface area contributed by atoms with Crippen LogP contribution in [0.25, 0.3) is 0 Å². The molecule has 1 rings (SSSR count). The molecule has 3 heteroatoms. The van der Waals surface area contributed by atoms with E-state index in [0.29, 0.717) is 5.88 Å². The van der Waals surface area contributed by atoms with E-state index in [4.69, 9.17) is 11.6 Å². The molecule has 0 unspecified atom stereocenters. The van der Waals surface area contributed by atoms with Gasteiger partial charge in [0.1, 0.15) is 0 Å². The fraction of sp³-hybridized carbons (Fsp3) is 0.500. The number of halogens is 1. The summed E-state index contributed by atoms with van der Waals surface area (Å²) in [5.74, 6) is 0.656. The summed E-state index contributed by atoms with van der Waals surface area (Å²) in [6, 6.07) is 0. The summed E-state index contributed by atoms with van der Waals surface area (Å²) in [5.41, 5.74) is 2.33. The molecule has 2 nitrogen and oxygen atoms in total. The Hall–Kier alpha value is -0.500. The lowest BCUT2D eigenvalue weighted by molar-refractivity contribution is 0.973. The van der Waals surface area contributed by atoms with E-state index in [-0.39, 0.29) is 0 Å². The molecule has 0 aliphatic carbocycles. The highest BCUT2D eigenvalue weighted by Crippen LogP contribution is 2.02. The van der Waals surface area contributed by atoms with Crippen LogP contribution in [-0.4, -0.2) is 16.1 Å². The van der Waals surface area contributed by atoms with Crippen LogP contribution in [0, 0.1) is 6.92 Å². The van der Waals surface area contributed by atoms with E-state index in [1.165, 1.54) is 5.56 Å². The number of aromatic nitrogens is 2. The van der Waals surface area contributed by atoms with E-state index in [2.05, 4.69) is 10.2 Å². The van der Waals surface area contributed by atoms with Crippen LogP contribution in [0.2, 0.25) is 0 Å². The van der Waals surface area contributed by atoms with Crippen molar-refractivity contribution in [2.45, 2.75) is 13.3 Å². The zero-order valence-electron chi connectivity index (χ0n) is 5.32. The second-order valence-electron chi connectivity index (χ2n) is 1.97. The Morgan fingerprint density at radius 1 is 1.78 bits per heavy atom. The van der Waals surface area contributed by atoms with Crippen molar-refractivity contribution in [3.63, 3.8) is 0 Å². The number of alkyl halides is 1. The molecule has 0 fully saturated rings. The summed E-state index contributed by atoms with van der Waals surface area (Å²) < 4.78 is 0. The fourth-order valence-corrected chi connectivity index (χ4v) is 0.910. The van der Waals surface area contributed by atoms with E-state index in [9.17, 15) is 0 Å². The Labute approximate surface area is 59.2 Å². The van der Waals surface area contributed by atoms with Gasteiger partial charge in [-0.1, -0.05) is 0 Å². The maximum absolute atomic E-state index is 5.52. The van der Waals surface area contributed by atoms with E-state index < -0.39 is 0 Å². The van der Waals surface area contributed by atoms with Crippen molar-refractivity contribution in [2.75, 3.05) is 5.88 Å². The molecule has 0 atom stereocenters. The first-order chi connectivity index (χ1) is 4.34. The lowest BCUT2D eigenvalue weighted by Crippen LogP contribution is -1.88. The van der Waals surface area contributed by atoms with Gasteiger partial charge >= 0.3 is 0 Å². The molecular weight excluding hydrogens is 136 g/mol. The molecule has 0 aromatic carbocycles. The zero-order chi connectivity index (χ0) is 6.69. The number of nitrogens with zero attached hydrogens (tertiary/aromatic N) is 1. The van der Waals surface area contributed by atoms with Gasteiger partial charge in [-0.15, -0.1) is 11.6 Å². The number of H-pyrrole nitrogens is 1. The van der Waals surface area contributed by atoms with Crippen molar-refractivity contribution in [3.8, 4) is 0 Å². The second-order valence-corrected chi connectivity index (χ2v) is 2.35. The molecule has 0 saturated carbocycles. The molecule has 0 amide bonds. The number of rotatable bonds is 2. The highest BCUT2D eigenvalue weighted by Gasteiger charge is 1.96. The Bertz CT molecular complexity index is 183. The first kappa shape index (κ1) is 6.62. The van der Waals surface area contributed by atoms with E-state index >= 15 is 0 Å².